The normalized spacial score (nSPS) is 18.3. The number of nitrogens with one attached hydrogen (secondary N) is 1. The summed E-state index contributed by atoms with van der Waals surface area (Å²) in [7, 11) is 0. The number of nitrogens with zero attached hydrogens (tertiary/aromatic N) is 2. The first-order valence-electron chi connectivity index (χ1n) is 5.96. The molecule has 0 unspecified atom stereocenters. The minimum atomic E-state index is -0.534. The number of amides is 1. The third-order valence-corrected chi connectivity index (χ3v) is 3.47. The zero-order valence-corrected chi connectivity index (χ0v) is 12.4. The smallest absolute Gasteiger partial charge is 0.270 e. The number of rotatable bonds is 2. The maximum atomic E-state index is 12.4. The van der Waals surface area contributed by atoms with Crippen molar-refractivity contribution in [3.05, 3.63) is 38.9 Å². The Morgan fingerprint density at radius 3 is 2.80 bits per heavy atom. The van der Waals surface area contributed by atoms with Crippen LogP contribution in [0.4, 0.5) is 5.69 Å². The van der Waals surface area contributed by atoms with Gasteiger partial charge in [0, 0.05) is 37.8 Å². The lowest BCUT2D eigenvalue weighted by Gasteiger charge is -2.34. The van der Waals surface area contributed by atoms with E-state index in [9.17, 15) is 14.9 Å². The number of halogens is 2. The van der Waals surface area contributed by atoms with Gasteiger partial charge >= 0.3 is 0 Å². The molecule has 0 aromatic heterocycles. The molecule has 20 heavy (non-hydrogen) atoms. The largest absolute Gasteiger partial charge is 0.333 e. The van der Waals surface area contributed by atoms with E-state index in [1.54, 1.807) is 4.90 Å². The molecule has 110 valence electrons. The maximum absolute atomic E-state index is 12.4. The van der Waals surface area contributed by atoms with Crippen LogP contribution in [-0.2, 0) is 0 Å². The van der Waals surface area contributed by atoms with Crippen LogP contribution in [-0.4, -0.2) is 41.4 Å². The topological polar surface area (TPSA) is 75.5 Å². The first-order chi connectivity index (χ1) is 9.00. The van der Waals surface area contributed by atoms with Crippen LogP contribution in [0, 0.1) is 10.1 Å². The molecule has 1 amide bonds. The van der Waals surface area contributed by atoms with Crippen molar-refractivity contribution in [1.82, 2.24) is 10.2 Å². The van der Waals surface area contributed by atoms with Crippen molar-refractivity contribution in [2.24, 2.45) is 0 Å². The molecule has 1 N–H and O–H groups in total. The average molecular weight is 320 g/mol. The van der Waals surface area contributed by atoms with Crippen molar-refractivity contribution in [3.63, 3.8) is 0 Å². The van der Waals surface area contributed by atoms with E-state index < -0.39 is 4.92 Å². The fourth-order valence-corrected chi connectivity index (χ4v) is 2.34. The molecule has 0 radical (unpaired) electrons. The Balaban J connectivity index is 0.00000200. The van der Waals surface area contributed by atoms with Gasteiger partial charge in [0.15, 0.2) is 0 Å². The summed E-state index contributed by atoms with van der Waals surface area (Å²) in [5.74, 6) is -0.186. The molecular weight excluding hydrogens is 305 g/mol. The van der Waals surface area contributed by atoms with Gasteiger partial charge in [-0.2, -0.15) is 0 Å². The molecule has 6 nitrogen and oxygen atoms in total. The third kappa shape index (κ3) is 3.39. The molecule has 0 bridgehead atoms. The second kappa shape index (κ2) is 6.88. The van der Waals surface area contributed by atoms with E-state index in [4.69, 9.17) is 11.6 Å². The van der Waals surface area contributed by atoms with Crippen molar-refractivity contribution in [1.29, 1.82) is 0 Å². The Morgan fingerprint density at radius 2 is 2.25 bits per heavy atom. The minimum Gasteiger partial charge on any atom is -0.333 e. The molecule has 0 saturated carbocycles. The molecule has 8 heteroatoms. The van der Waals surface area contributed by atoms with E-state index in [1.165, 1.54) is 18.2 Å². The van der Waals surface area contributed by atoms with Crippen molar-refractivity contribution in [2.45, 2.75) is 13.0 Å². The molecule has 1 aromatic rings. The maximum Gasteiger partial charge on any atom is 0.270 e. The molecule has 0 spiro atoms. The van der Waals surface area contributed by atoms with Crippen LogP contribution in [0.15, 0.2) is 18.2 Å². The third-order valence-electron chi connectivity index (χ3n) is 3.16. The Labute approximate surface area is 127 Å². The van der Waals surface area contributed by atoms with Gasteiger partial charge in [0.05, 0.1) is 15.5 Å². The summed E-state index contributed by atoms with van der Waals surface area (Å²) < 4.78 is 0. The fraction of sp³-hybridized carbons (Fsp3) is 0.417. The quantitative estimate of drug-likeness (QED) is 0.669. The summed E-state index contributed by atoms with van der Waals surface area (Å²) in [5, 5.41) is 13.9. The lowest BCUT2D eigenvalue weighted by Crippen LogP contribution is -2.52. The summed E-state index contributed by atoms with van der Waals surface area (Å²) in [6, 6.07) is 4.00. The van der Waals surface area contributed by atoms with Crippen LogP contribution in [0.1, 0.15) is 17.3 Å². The van der Waals surface area contributed by atoms with Crippen LogP contribution in [0.25, 0.3) is 0 Å². The molecule has 2 rings (SSSR count). The molecule has 1 saturated heterocycles. The van der Waals surface area contributed by atoms with Gasteiger partial charge in [-0.15, -0.1) is 12.4 Å². The van der Waals surface area contributed by atoms with Crippen molar-refractivity contribution in [3.8, 4) is 0 Å². The summed E-state index contributed by atoms with van der Waals surface area (Å²) in [6.45, 7) is 4.02. The highest BCUT2D eigenvalue weighted by molar-refractivity contribution is 6.34. The van der Waals surface area contributed by atoms with Crippen LogP contribution < -0.4 is 5.32 Å². The average Bonchev–Trinajstić information content (AvgIpc) is 2.38. The van der Waals surface area contributed by atoms with E-state index in [0.29, 0.717) is 12.1 Å². The molecule has 1 atom stereocenters. The number of benzene rings is 1. The summed E-state index contributed by atoms with van der Waals surface area (Å²) in [4.78, 5) is 24.2. The van der Waals surface area contributed by atoms with Gasteiger partial charge in [0.2, 0.25) is 0 Å². The van der Waals surface area contributed by atoms with E-state index in [-0.39, 0.29) is 35.1 Å². The molecule has 1 aliphatic heterocycles. The minimum absolute atomic E-state index is 0. The molecular formula is C12H15Cl2N3O3. The number of carbonyl (C=O) groups excluding carboxylic acids is 1. The van der Waals surface area contributed by atoms with E-state index in [2.05, 4.69) is 5.32 Å². The number of piperazine rings is 1. The van der Waals surface area contributed by atoms with Crippen molar-refractivity contribution >= 4 is 35.6 Å². The summed E-state index contributed by atoms with van der Waals surface area (Å²) >= 11 is 5.97. The zero-order valence-electron chi connectivity index (χ0n) is 10.8. The molecule has 1 heterocycles. The first-order valence-corrected chi connectivity index (χ1v) is 6.34. The number of non-ortho nitro benzene ring substituents is 1. The van der Waals surface area contributed by atoms with Gasteiger partial charge in [0.25, 0.3) is 11.6 Å². The van der Waals surface area contributed by atoms with E-state index in [0.717, 1.165) is 13.1 Å². The van der Waals surface area contributed by atoms with Crippen molar-refractivity contribution < 1.29 is 9.72 Å². The SMILES string of the molecule is C[C@@H]1CNCCN1C(=O)c1ccc([N+](=O)[O-])cc1Cl.Cl. The van der Waals surface area contributed by atoms with Gasteiger partial charge in [0.1, 0.15) is 0 Å². The predicted octanol–water partition coefficient (Wildman–Crippen LogP) is 2.10. The Morgan fingerprint density at radius 1 is 1.55 bits per heavy atom. The molecule has 1 fully saturated rings. The number of carbonyl (C=O) groups is 1. The standard InChI is InChI=1S/C12H14ClN3O3.ClH/c1-8-7-14-4-5-15(8)12(17)10-3-2-9(16(18)19)6-11(10)13;/h2-3,6,8,14H,4-5,7H2,1H3;1H/t8-;/m1./s1. The van der Waals surface area contributed by atoms with Crippen LogP contribution in [0.2, 0.25) is 5.02 Å². The van der Waals surface area contributed by atoms with Crippen LogP contribution in [0.3, 0.4) is 0 Å². The number of hydrogen-bond acceptors (Lipinski definition) is 4. The van der Waals surface area contributed by atoms with Gasteiger partial charge in [-0.05, 0) is 13.0 Å². The highest BCUT2D eigenvalue weighted by atomic mass is 35.5. The van der Waals surface area contributed by atoms with Gasteiger partial charge in [-0.3, -0.25) is 14.9 Å². The molecule has 0 aliphatic carbocycles. The second-order valence-electron chi connectivity index (χ2n) is 4.47. The second-order valence-corrected chi connectivity index (χ2v) is 4.88. The Kier molecular flexibility index (Phi) is 5.74. The summed E-state index contributed by atoms with van der Waals surface area (Å²) in [6.07, 6.45) is 0. The van der Waals surface area contributed by atoms with Gasteiger partial charge in [-0.25, -0.2) is 0 Å². The monoisotopic (exact) mass is 319 g/mol. The lowest BCUT2D eigenvalue weighted by atomic mass is 10.1. The summed E-state index contributed by atoms with van der Waals surface area (Å²) in [5.41, 5.74) is 0.191. The molecule has 1 aromatic carbocycles. The zero-order chi connectivity index (χ0) is 14.0. The Hall–Kier alpha value is -1.37. The highest BCUT2D eigenvalue weighted by Crippen LogP contribution is 2.24. The van der Waals surface area contributed by atoms with Gasteiger partial charge in [-0.1, -0.05) is 11.6 Å². The number of nitro benzene ring substituents is 1. The Bertz CT molecular complexity index is 525. The van der Waals surface area contributed by atoms with E-state index in [1.807, 2.05) is 6.92 Å². The highest BCUT2D eigenvalue weighted by Gasteiger charge is 2.26. The first kappa shape index (κ1) is 16.7. The van der Waals surface area contributed by atoms with Crippen LogP contribution in [0.5, 0.6) is 0 Å². The number of hydrogen-bond donors (Lipinski definition) is 1. The van der Waals surface area contributed by atoms with Crippen LogP contribution >= 0.6 is 24.0 Å². The van der Waals surface area contributed by atoms with Gasteiger partial charge < -0.3 is 10.2 Å². The van der Waals surface area contributed by atoms with E-state index >= 15 is 0 Å². The van der Waals surface area contributed by atoms with Crippen molar-refractivity contribution in [2.75, 3.05) is 19.6 Å². The fourth-order valence-electron chi connectivity index (χ4n) is 2.09. The lowest BCUT2D eigenvalue weighted by molar-refractivity contribution is -0.384. The number of nitro groups is 1. The predicted molar refractivity (Wildman–Crippen MR) is 78.7 cm³/mol. The molecule has 1 aliphatic rings.